The van der Waals surface area contributed by atoms with Gasteiger partial charge in [-0.1, -0.05) is 13.8 Å². The molecular weight excluding hydrogens is 318 g/mol. The van der Waals surface area contributed by atoms with Crippen molar-refractivity contribution < 1.29 is 4.74 Å². The SMILES string of the molecule is CCNCC1(Cc2c(Br)c(CC)nn2C)CCCOC1. The van der Waals surface area contributed by atoms with Crippen LogP contribution in [0.5, 0.6) is 0 Å². The summed E-state index contributed by atoms with van der Waals surface area (Å²) in [6.07, 6.45) is 4.36. The predicted octanol–water partition coefficient (Wildman–Crippen LogP) is 2.69. The fourth-order valence-corrected chi connectivity index (χ4v) is 3.77. The average Bonchev–Trinajstić information content (AvgIpc) is 2.73. The van der Waals surface area contributed by atoms with Crippen molar-refractivity contribution in [2.75, 3.05) is 26.3 Å². The molecule has 2 rings (SSSR count). The van der Waals surface area contributed by atoms with Crippen LogP contribution in [0.15, 0.2) is 4.47 Å². The highest BCUT2D eigenvalue weighted by molar-refractivity contribution is 9.10. The number of nitrogens with zero attached hydrogens (tertiary/aromatic N) is 2. The second-order valence-electron chi connectivity index (χ2n) is 5.80. The number of ether oxygens (including phenoxy) is 1. The summed E-state index contributed by atoms with van der Waals surface area (Å²) in [5, 5.41) is 8.13. The Bertz CT molecular complexity index is 439. The molecule has 1 aromatic heterocycles. The third-order valence-electron chi connectivity index (χ3n) is 4.20. The molecule has 114 valence electrons. The van der Waals surface area contributed by atoms with E-state index in [1.54, 1.807) is 0 Å². The first-order valence-corrected chi connectivity index (χ1v) is 8.40. The van der Waals surface area contributed by atoms with Crippen molar-refractivity contribution in [3.05, 3.63) is 15.9 Å². The van der Waals surface area contributed by atoms with E-state index in [-0.39, 0.29) is 5.41 Å². The van der Waals surface area contributed by atoms with Gasteiger partial charge in [-0.3, -0.25) is 4.68 Å². The van der Waals surface area contributed by atoms with Crippen LogP contribution in [0, 0.1) is 5.41 Å². The third-order valence-corrected chi connectivity index (χ3v) is 5.11. The maximum atomic E-state index is 5.78. The molecule has 0 aromatic carbocycles. The maximum absolute atomic E-state index is 5.78. The fraction of sp³-hybridized carbons (Fsp3) is 0.800. The maximum Gasteiger partial charge on any atom is 0.0766 e. The zero-order chi connectivity index (χ0) is 14.6. The van der Waals surface area contributed by atoms with Gasteiger partial charge in [0.1, 0.15) is 0 Å². The summed E-state index contributed by atoms with van der Waals surface area (Å²) in [4.78, 5) is 0. The Morgan fingerprint density at radius 1 is 1.45 bits per heavy atom. The fourth-order valence-electron chi connectivity index (χ4n) is 3.01. The normalized spacial score (nSPS) is 23.2. The van der Waals surface area contributed by atoms with E-state index >= 15 is 0 Å². The standard InChI is InChI=1S/C15H26BrN3O/c1-4-12-14(16)13(19(3)18-12)9-15(10-17-5-2)7-6-8-20-11-15/h17H,4-11H2,1-3H3. The Kier molecular flexibility index (Phi) is 5.64. The summed E-state index contributed by atoms with van der Waals surface area (Å²) in [6.45, 7) is 8.08. The van der Waals surface area contributed by atoms with Gasteiger partial charge in [-0.2, -0.15) is 5.10 Å². The van der Waals surface area contributed by atoms with Crippen molar-refractivity contribution in [3.63, 3.8) is 0 Å². The van der Waals surface area contributed by atoms with Gasteiger partial charge in [0.2, 0.25) is 0 Å². The number of aryl methyl sites for hydroxylation is 2. The molecule has 0 aliphatic carbocycles. The van der Waals surface area contributed by atoms with Crippen LogP contribution in [0.1, 0.15) is 38.1 Å². The Morgan fingerprint density at radius 3 is 2.80 bits per heavy atom. The monoisotopic (exact) mass is 343 g/mol. The van der Waals surface area contributed by atoms with Crippen LogP contribution in [-0.4, -0.2) is 36.1 Å². The van der Waals surface area contributed by atoms with Gasteiger partial charge in [-0.15, -0.1) is 0 Å². The second kappa shape index (κ2) is 7.05. The molecule has 1 unspecified atom stereocenters. The van der Waals surface area contributed by atoms with E-state index in [2.05, 4.69) is 40.2 Å². The van der Waals surface area contributed by atoms with Crippen LogP contribution in [0.4, 0.5) is 0 Å². The minimum atomic E-state index is 0.204. The number of halogens is 1. The molecule has 5 heteroatoms. The molecule has 4 nitrogen and oxygen atoms in total. The molecule has 0 amide bonds. The number of rotatable bonds is 6. The lowest BCUT2D eigenvalue weighted by Crippen LogP contribution is -2.43. The van der Waals surface area contributed by atoms with Gasteiger partial charge in [0.05, 0.1) is 22.5 Å². The van der Waals surface area contributed by atoms with Crippen LogP contribution in [0.3, 0.4) is 0 Å². The summed E-state index contributed by atoms with van der Waals surface area (Å²) < 4.78 is 9.00. The Morgan fingerprint density at radius 2 is 2.25 bits per heavy atom. The molecule has 1 aliphatic rings. The summed E-state index contributed by atoms with van der Waals surface area (Å²) in [5.41, 5.74) is 2.65. The molecule has 1 aromatic rings. The number of nitrogens with one attached hydrogen (secondary N) is 1. The molecule has 2 heterocycles. The summed E-state index contributed by atoms with van der Waals surface area (Å²) in [5.74, 6) is 0. The van der Waals surface area contributed by atoms with E-state index in [1.807, 2.05) is 11.7 Å². The Balaban J connectivity index is 2.21. The van der Waals surface area contributed by atoms with Crippen LogP contribution in [-0.2, 0) is 24.6 Å². The average molecular weight is 344 g/mol. The van der Waals surface area contributed by atoms with E-state index in [0.717, 1.165) is 51.3 Å². The highest BCUT2D eigenvalue weighted by Crippen LogP contribution is 2.35. The summed E-state index contributed by atoms with van der Waals surface area (Å²) in [7, 11) is 2.05. The first-order chi connectivity index (χ1) is 9.62. The van der Waals surface area contributed by atoms with Crippen LogP contribution in [0.25, 0.3) is 0 Å². The molecule has 0 radical (unpaired) electrons. The molecule has 1 atom stereocenters. The number of hydrogen-bond donors (Lipinski definition) is 1. The lowest BCUT2D eigenvalue weighted by Gasteiger charge is -2.37. The Hall–Kier alpha value is -0.390. The first kappa shape index (κ1) is 16.0. The molecule has 0 saturated carbocycles. The molecule has 20 heavy (non-hydrogen) atoms. The second-order valence-corrected chi connectivity index (χ2v) is 6.59. The summed E-state index contributed by atoms with van der Waals surface area (Å²) in [6, 6.07) is 0. The largest absolute Gasteiger partial charge is 0.381 e. The Labute approximate surface area is 130 Å². The minimum absolute atomic E-state index is 0.204. The molecule has 0 bridgehead atoms. The predicted molar refractivity (Wildman–Crippen MR) is 85.0 cm³/mol. The molecule has 1 N–H and O–H groups in total. The van der Waals surface area contributed by atoms with Crippen molar-refractivity contribution in [1.29, 1.82) is 0 Å². The van der Waals surface area contributed by atoms with Gasteiger partial charge in [0.15, 0.2) is 0 Å². The molecule has 1 aliphatic heterocycles. The lowest BCUT2D eigenvalue weighted by molar-refractivity contribution is -0.00788. The lowest BCUT2D eigenvalue weighted by atomic mass is 9.78. The van der Waals surface area contributed by atoms with Gasteiger partial charge in [-0.25, -0.2) is 0 Å². The topological polar surface area (TPSA) is 39.1 Å². The van der Waals surface area contributed by atoms with E-state index < -0.39 is 0 Å². The van der Waals surface area contributed by atoms with E-state index in [1.165, 1.54) is 16.6 Å². The minimum Gasteiger partial charge on any atom is -0.381 e. The van der Waals surface area contributed by atoms with Gasteiger partial charge in [0, 0.05) is 25.6 Å². The third kappa shape index (κ3) is 3.43. The van der Waals surface area contributed by atoms with Crippen molar-refractivity contribution >= 4 is 15.9 Å². The zero-order valence-electron chi connectivity index (χ0n) is 12.8. The van der Waals surface area contributed by atoms with Crippen LogP contribution >= 0.6 is 15.9 Å². The van der Waals surface area contributed by atoms with Gasteiger partial charge in [0.25, 0.3) is 0 Å². The van der Waals surface area contributed by atoms with Crippen molar-refractivity contribution in [3.8, 4) is 0 Å². The number of hydrogen-bond acceptors (Lipinski definition) is 3. The van der Waals surface area contributed by atoms with Gasteiger partial charge in [-0.05, 0) is 48.2 Å². The molecule has 1 fully saturated rings. The van der Waals surface area contributed by atoms with E-state index in [0.29, 0.717) is 0 Å². The van der Waals surface area contributed by atoms with Gasteiger partial charge < -0.3 is 10.1 Å². The van der Waals surface area contributed by atoms with Gasteiger partial charge >= 0.3 is 0 Å². The smallest absolute Gasteiger partial charge is 0.0766 e. The summed E-state index contributed by atoms with van der Waals surface area (Å²) >= 11 is 3.74. The van der Waals surface area contributed by atoms with E-state index in [9.17, 15) is 0 Å². The van der Waals surface area contributed by atoms with Crippen LogP contribution in [0.2, 0.25) is 0 Å². The molecular formula is C15H26BrN3O. The molecule has 0 spiro atoms. The number of aromatic nitrogens is 2. The van der Waals surface area contributed by atoms with Crippen molar-refractivity contribution in [1.82, 2.24) is 15.1 Å². The van der Waals surface area contributed by atoms with Crippen molar-refractivity contribution in [2.24, 2.45) is 12.5 Å². The molecule has 1 saturated heterocycles. The van der Waals surface area contributed by atoms with E-state index in [4.69, 9.17) is 4.74 Å². The quantitative estimate of drug-likeness (QED) is 0.862. The highest BCUT2D eigenvalue weighted by atomic mass is 79.9. The zero-order valence-corrected chi connectivity index (χ0v) is 14.4. The van der Waals surface area contributed by atoms with Crippen molar-refractivity contribution in [2.45, 2.75) is 39.5 Å². The highest BCUT2D eigenvalue weighted by Gasteiger charge is 2.34. The van der Waals surface area contributed by atoms with Crippen LogP contribution < -0.4 is 5.32 Å². The first-order valence-electron chi connectivity index (χ1n) is 7.60.